The fraction of sp³-hybridized carbons (Fsp3) is 1.00. The van der Waals surface area contributed by atoms with Crippen LogP contribution in [-0.2, 0) is 4.74 Å². The zero-order valence-electron chi connectivity index (χ0n) is 12.4. The summed E-state index contributed by atoms with van der Waals surface area (Å²) in [6, 6.07) is 0.463. The average Bonchev–Trinajstić information content (AvgIpc) is 2.63. The number of rotatable bonds is 6. The second-order valence-corrected chi connectivity index (χ2v) is 5.77. The van der Waals surface area contributed by atoms with Crippen LogP contribution in [0.3, 0.4) is 0 Å². The molecule has 0 aromatic carbocycles. The number of hydrogen-bond donors (Lipinski definition) is 2. The lowest BCUT2D eigenvalue weighted by Gasteiger charge is -2.36. The lowest BCUT2D eigenvalue weighted by atomic mass is 9.93. The highest BCUT2D eigenvalue weighted by Gasteiger charge is 2.28. The van der Waals surface area contributed by atoms with Crippen LogP contribution in [0.15, 0.2) is 0 Å². The summed E-state index contributed by atoms with van der Waals surface area (Å²) < 4.78 is 5.81. The molecule has 0 aromatic heterocycles. The van der Waals surface area contributed by atoms with E-state index in [-0.39, 0.29) is 12.1 Å². The molecule has 18 heavy (non-hydrogen) atoms. The van der Waals surface area contributed by atoms with Crippen molar-refractivity contribution in [2.75, 3.05) is 33.4 Å². The molecular weight excluding hydrogens is 228 g/mol. The topological polar surface area (TPSA) is 44.7 Å². The van der Waals surface area contributed by atoms with E-state index in [9.17, 15) is 5.11 Å². The van der Waals surface area contributed by atoms with Crippen molar-refractivity contribution in [2.24, 2.45) is 0 Å². The summed E-state index contributed by atoms with van der Waals surface area (Å²) in [5, 5.41) is 12.7. The van der Waals surface area contributed by atoms with E-state index in [2.05, 4.69) is 31.0 Å². The van der Waals surface area contributed by atoms with Crippen LogP contribution in [-0.4, -0.2) is 61.0 Å². The van der Waals surface area contributed by atoms with Crippen molar-refractivity contribution >= 4 is 0 Å². The third kappa shape index (κ3) is 4.50. The summed E-state index contributed by atoms with van der Waals surface area (Å²) in [5.74, 6) is 0. The molecule has 108 valence electrons. The molecular formula is C14H30N2O2. The first-order chi connectivity index (χ1) is 8.54. The minimum atomic E-state index is -0.186. The Balaban J connectivity index is 2.55. The van der Waals surface area contributed by atoms with Gasteiger partial charge in [0.1, 0.15) is 0 Å². The number of nitrogens with zero attached hydrogens (tertiary/aromatic N) is 1. The van der Waals surface area contributed by atoms with Crippen LogP contribution in [0.4, 0.5) is 0 Å². The van der Waals surface area contributed by atoms with E-state index >= 15 is 0 Å². The van der Waals surface area contributed by atoms with Gasteiger partial charge in [0.25, 0.3) is 0 Å². The van der Waals surface area contributed by atoms with E-state index in [4.69, 9.17) is 4.74 Å². The molecule has 0 aliphatic carbocycles. The van der Waals surface area contributed by atoms with Gasteiger partial charge in [-0.15, -0.1) is 0 Å². The van der Waals surface area contributed by atoms with Gasteiger partial charge in [-0.25, -0.2) is 0 Å². The van der Waals surface area contributed by atoms with Gasteiger partial charge in [0.05, 0.1) is 12.7 Å². The molecule has 1 fully saturated rings. The maximum absolute atomic E-state index is 9.48. The summed E-state index contributed by atoms with van der Waals surface area (Å²) >= 11 is 0. The molecule has 0 aromatic rings. The van der Waals surface area contributed by atoms with Gasteiger partial charge in [0.2, 0.25) is 0 Å². The van der Waals surface area contributed by atoms with Crippen LogP contribution >= 0.6 is 0 Å². The monoisotopic (exact) mass is 258 g/mol. The Morgan fingerprint density at radius 3 is 2.83 bits per heavy atom. The minimum absolute atomic E-state index is 0.176. The van der Waals surface area contributed by atoms with Gasteiger partial charge in [-0.1, -0.05) is 6.92 Å². The molecule has 1 aliphatic heterocycles. The smallest absolute Gasteiger partial charge is 0.0699 e. The number of aliphatic hydroxyl groups is 1. The van der Waals surface area contributed by atoms with Crippen molar-refractivity contribution in [3.63, 3.8) is 0 Å². The second-order valence-electron chi connectivity index (χ2n) is 5.77. The van der Waals surface area contributed by atoms with Gasteiger partial charge in [-0.05, 0) is 40.2 Å². The molecule has 1 rings (SSSR count). The molecule has 2 N–H and O–H groups in total. The molecule has 1 saturated heterocycles. The van der Waals surface area contributed by atoms with E-state index in [0.29, 0.717) is 12.1 Å². The number of ether oxygens (including phenoxy) is 1. The highest BCUT2D eigenvalue weighted by Crippen LogP contribution is 2.19. The van der Waals surface area contributed by atoms with Crippen molar-refractivity contribution in [3.8, 4) is 0 Å². The zero-order chi connectivity index (χ0) is 13.6. The Bertz CT molecular complexity index is 232. The maximum Gasteiger partial charge on any atom is 0.0699 e. The second kappa shape index (κ2) is 7.43. The number of nitrogens with one attached hydrogen (secondary N) is 1. The molecule has 0 saturated carbocycles. The quantitative estimate of drug-likeness (QED) is 0.752. The largest absolute Gasteiger partial charge is 0.394 e. The first kappa shape index (κ1) is 15.9. The molecule has 3 unspecified atom stereocenters. The average molecular weight is 258 g/mol. The van der Waals surface area contributed by atoms with Crippen LogP contribution in [0, 0.1) is 0 Å². The number of aliphatic hydroxyl groups excluding tert-OH is 1. The Morgan fingerprint density at radius 1 is 1.56 bits per heavy atom. The van der Waals surface area contributed by atoms with Gasteiger partial charge in [0, 0.05) is 31.3 Å². The lowest BCUT2D eigenvalue weighted by Crippen LogP contribution is -2.50. The summed E-state index contributed by atoms with van der Waals surface area (Å²) in [6.07, 6.45) is 3.50. The normalized spacial score (nSPS) is 27.5. The fourth-order valence-corrected chi connectivity index (χ4v) is 2.60. The third-order valence-electron chi connectivity index (χ3n) is 4.16. The van der Waals surface area contributed by atoms with Crippen LogP contribution in [0.1, 0.15) is 40.0 Å². The fourth-order valence-electron chi connectivity index (χ4n) is 2.60. The maximum atomic E-state index is 9.48. The molecule has 1 heterocycles. The Morgan fingerprint density at radius 2 is 2.28 bits per heavy atom. The summed E-state index contributed by atoms with van der Waals surface area (Å²) in [5.41, 5.74) is -0.186. The van der Waals surface area contributed by atoms with E-state index in [0.717, 1.165) is 39.0 Å². The lowest BCUT2D eigenvalue weighted by molar-refractivity contribution is 0.0416. The van der Waals surface area contributed by atoms with Gasteiger partial charge < -0.3 is 15.2 Å². The zero-order valence-corrected chi connectivity index (χ0v) is 12.4. The van der Waals surface area contributed by atoms with E-state index in [1.807, 2.05) is 7.05 Å². The van der Waals surface area contributed by atoms with Crippen molar-refractivity contribution in [3.05, 3.63) is 0 Å². The van der Waals surface area contributed by atoms with Crippen molar-refractivity contribution in [1.29, 1.82) is 0 Å². The molecule has 1 aliphatic rings. The van der Waals surface area contributed by atoms with E-state index in [1.54, 1.807) is 0 Å². The predicted molar refractivity (Wildman–Crippen MR) is 74.9 cm³/mol. The Hall–Kier alpha value is -0.160. The predicted octanol–water partition coefficient (Wildman–Crippen LogP) is 1.24. The van der Waals surface area contributed by atoms with Gasteiger partial charge in [-0.2, -0.15) is 0 Å². The Labute approximate surface area is 112 Å². The van der Waals surface area contributed by atoms with Crippen molar-refractivity contribution in [1.82, 2.24) is 10.2 Å². The first-order valence-corrected chi connectivity index (χ1v) is 7.20. The van der Waals surface area contributed by atoms with Gasteiger partial charge >= 0.3 is 0 Å². The highest BCUT2D eigenvalue weighted by atomic mass is 16.5. The molecule has 3 atom stereocenters. The molecule has 0 bridgehead atoms. The first-order valence-electron chi connectivity index (χ1n) is 7.20. The van der Waals surface area contributed by atoms with Gasteiger partial charge in [-0.3, -0.25) is 4.90 Å². The summed E-state index contributed by atoms with van der Waals surface area (Å²) in [7, 11) is 1.92. The summed E-state index contributed by atoms with van der Waals surface area (Å²) in [4.78, 5) is 2.51. The van der Waals surface area contributed by atoms with E-state index < -0.39 is 0 Å². The number of hydrogen-bond acceptors (Lipinski definition) is 4. The molecule has 4 heteroatoms. The SMILES string of the molecule is CCC1CN(C(C)CC(C)(CO)NC)CCCO1. The van der Waals surface area contributed by atoms with Crippen LogP contribution in [0.2, 0.25) is 0 Å². The Kier molecular flexibility index (Phi) is 6.57. The number of likely N-dealkylation sites (N-methyl/N-ethyl adjacent to an activating group) is 1. The van der Waals surface area contributed by atoms with Crippen LogP contribution < -0.4 is 5.32 Å². The van der Waals surface area contributed by atoms with Crippen molar-refractivity contribution < 1.29 is 9.84 Å². The molecule has 0 spiro atoms. The molecule has 4 nitrogen and oxygen atoms in total. The highest BCUT2D eigenvalue weighted by molar-refractivity contribution is 4.87. The molecule has 0 radical (unpaired) electrons. The standard InChI is InChI=1S/C14H30N2O2/c1-5-13-10-16(7-6-8-18-13)12(2)9-14(3,11-17)15-4/h12-13,15,17H,5-11H2,1-4H3. The molecule has 0 amide bonds. The van der Waals surface area contributed by atoms with Crippen LogP contribution in [0.5, 0.6) is 0 Å². The van der Waals surface area contributed by atoms with E-state index in [1.165, 1.54) is 0 Å². The van der Waals surface area contributed by atoms with Crippen molar-refractivity contribution in [2.45, 2.75) is 57.7 Å². The third-order valence-corrected chi connectivity index (χ3v) is 4.16. The summed E-state index contributed by atoms with van der Waals surface area (Å²) in [6.45, 7) is 9.69. The van der Waals surface area contributed by atoms with Crippen LogP contribution in [0.25, 0.3) is 0 Å². The van der Waals surface area contributed by atoms with Gasteiger partial charge in [0.15, 0.2) is 0 Å². The minimum Gasteiger partial charge on any atom is -0.394 e.